The molecule has 1 aromatic carbocycles. The molecule has 1 nitrogen and oxygen atoms in total. The molecule has 28 heavy (non-hydrogen) atoms. The van der Waals surface area contributed by atoms with Crippen LogP contribution in [0.4, 0.5) is 0 Å². The Balaban J connectivity index is 1.24. The summed E-state index contributed by atoms with van der Waals surface area (Å²) in [6, 6.07) is 12.6. The molecule has 1 saturated heterocycles. The smallest absolute Gasteiger partial charge is 0.0471 e. The minimum atomic E-state index is 0.779. The molecule has 156 valence electrons. The lowest BCUT2D eigenvalue weighted by Crippen LogP contribution is -2.06. The Kier molecular flexibility index (Phi) is 9.63. The van der Waals surface area contributed by atoms with E-state index >= 15 is 0 Å². The van der Waals surface area contributed by atoms with E-state index < -0.39 is 0 Å². The van der Waals surface area contributed by atoms with Crippen LogP contribution in [0.3, 0.4) is 0 Å². The Morgan fingerprint density at radius 1 is 0.857 bits per heavy atom. The summed E-state index contributed by atoms with van der Waals surface area (Å²) in [4.78, 5) is 2.73. The van der Waals surface area contributed by atoms with E-state index in [0.717, 1.165) is 18.6 Å². The third-order valence-electron chi connectivity index (χ3n) is 6.83. The first-order valence-electron chi connectivity index (χ1n) is 12.4. The third kappa shape index (κ3) is 7.07. The lowest BCUT2D eigenvalue weighted by molar-refractivity contribution is 0.481. The average Bonchev–Trinajstić information content (AvgIpc) is 3.43. The number of fused-ring (bicyclic) bond motifs is 1. The lowest BCUT2D eigenvalue weighted by atomic mass is 9.93. The Labute approximate surface area is 174 Å². The van der Waals surface area contributed by atoms with E-state index in [1.165, 1.54) is 102 Å². The van der Waals surface area contributed by atoms with Gasteiger partial charge in [-0.15, -0.1) is 0 Å². The van der Waals surface area contributed by atoms with Crippen LogP contribution in [-0.2, 0) is 6.54 Å². The van der Waals surface area contributed by atoms with Gasteiger partial charge < -0.3 is 0 Å². The van der Waals surface area contributed by atoms with Gasteiger partial charge in [-0.25, -0.2) is 0 Å². The second kappa shape index (κ2) is 12.5. The summed E-state index contributed by atoms with van der Waals surface area (Å²) in [6.45, 7) is 3.44. The van der Waals surface area contributed by atoms with Crippen LogP contribution < -0.4 is 0 Å². The molecular weight excluding hydrogens is 338 g/mol. The van der Waals surface area contributed by atoms with Crippen LogP contribution in [0.1, 0.15) is 109 Å². The Morgan fingerprint density at radius 2 is 1.50 bits per heavy atom. The highest BCUT2D eigenvalue weighted by molar-refractivity contribution is 5.29. The maximum Gasteiger partial charge on any atom is 0.0471 e. The van der Waals surface area contributed by atoms with E-state index in [0.29, 0.717) is 0 Å². The summed E-state index contributed by atoms with van der Waals surface area (Å²) in [5, 5.41) is 0. The molecule has 1 unspecified atom stereocenters. The molecule has 0 spiro atoms. The molecule has 1 aromatic rings. The minimum absolute atomic E-state index is 0.779. The fourth-order valence-corrected chi connectivity index (χ4v) is 5.11. The molecule has 1 saturated carbocycles. The fraction of sp³-hybridized carbons (Fsp3) is 0.704. The van der Waals surface area contributed by atoms with Gasteiger partial charge in [0.1, 0.15) is 0 Å². The largest absolute Gasteiger partial charge is 0.286 e. The van der Waals surface area contributed by atoms with Gasteiger partial charge in [0.15, 0.2) is 0 Å². The Hall–Kier alpha value is -1.08. The number of hydrogen-bond acceptors (Lipinski definition) is 1. The van der Waals surface area contributed by atoms with Crippen molar-refractivity contribution < 1.29 is 0 Å². The SMILES string of the molecule is CCCCCCCCCCCCC/C=C1/CCC[C@@H]2[C@H]1N2Cc1ccccc1. The van der Waals surface area contributed by atoms with Crippen molar-refractivity contribution in [2.75, 3.05) is 0 Å². The zero-order valence-electron chi connectivity index (χ0n) is 18.4. The van der Waals surface area contributed by atoms with Gasteiger partial charge in [0.2, 0.25) is 0 Å². The monoisotopic (exact) mass is 381 g/mol. The van der Waals surface area contributed by atoms with Crippen molar-refractivity contribution in [1.82, 2.24) is 4.90 Å². The highest BCUT2D eigenvalue weighted by atomic mass is 15.4. The predicted molar refractivity (Wildman–Crippen MR) is 123 cm³/mol. The predicted octanol–water partition coefficient (Wildman–Crippen LogP) is 8.05. The molecular formula is C27H43N. The Morgan fingerprint density at radius 3 is 2.18 bits per heavy atom. The normalized spacial score (nSPS) is 25.0. The summed E-state index contributed by atoms with van der Waals surface area (Å²) < 4.78 is 0. The van der Waals surface area contributed by atoms with E-state index in [4.69, 9.17) is 0 Å². The van der Waals surface area contributed by atoms with E-state index in [9.17, 15) is 0 Å². The third-order valence-corrected chi connectivity index (χ3v) is 6.83. The number of benzene rings is 1. The van der Waals surface area contributed by atoms with Gasteiger partial charge in [-0.2, -0.15) is 0 Å². The van der Waals surface area contributed by atoms with Gasteiger partial charge in [-0.05, 0) is 37.7 Å². The van der Waals surface area contributed by atoms with Gasteiger partial charge in [-0.1, -0.05) is 113 Å². The summed E-state index contributed by atoms with van der Waals surface area (Å²) in [5.74, 6) is 0. The van der Waals surface area contributed by atoms with Crippen molar-refractivity contribution in [2.24, 2.45) is 0 Å². The number of nitrogens with zero attached hydrogens (tertiary/aromatic N) is 1. The average molecular weight is 382 g/mol. The first kappa shape index (κ1) is 21.6. The van der Waals surface area contributed by atoms with Gasteiger partial charge in [0.25, 0.3) is 0 Å². The summed E-state index contributed by atoms with van der Waals surface area (Å²) in [7, 11) is 0. The van der Waals surface area contributed by atoms with Crippen LogP contribution in [0.25, 0.3) is 0 Å². The molecule has 2 fully saturated rings. The van der Waals surface area contributed by atoms with Crippen molar-refractivity contribution in [2.45, 2.75) is 122 Å². The van der Waals surface area contributed by atoms with Crippen molar-refractivity contribution in [3.8, 4) is 0 Å². The molecule has 0 amide bonds. The van der Waals surface area contributed by atoms with Crippen LogP contribution in [0, 0.1) is 0 Å². The molecule has 0 radical (unpaired) electrons. The van der Waals surface area contributed by atoms with Crippen LogP contribution in [-0.4, -0.2) is 17.0 Å². The number of allylic oxidation sites excluding steroid dienone is 1. The second-order valence-corrected chi connectivity index (χ2v) is 9.17. The topological polar surface area (TPSA) is 3.01 Å². The first-order chi connectivity index (χ1) is 13.9. The second-order valence-electron chi connectivity index (χ2n) is 9.17. The van der Waals surface area contributed by atoms with E-state index in [1.807, 2.05) is 0 Å². The number of unbranched alkanes of at least 4 members (excludes halogenated alkanes) is 11. The molecule has 3 atom stereocenters. The quantitative estimate of drug-likeness (QED) is 0.179. The molecule has 1 heteroatoms. The molecule has 0 bridgehead atoms. The lowest BCUT2D eigenvalue weighted by Gasteiger charge is -2.11. The standard InChI is InChI=1S/C27H43N/c1-2-3-4-5-6-7-8-9-10-11-12-16-20-25-21-17-22-26-27(25)28(26)23-24-18-14-13-15-19-24/h13-15,18-20,26-27H,2-12,16-17,21-23H2,1H3/b25-20-/t26-,27+,28?/m1/s1. The summed E-state index contributed by atoms with van der Waals surface area (Å²) in [5.41, 5.74) is 3.24. The van der Waals surface area contributed by atoms with Crippen molar-refractivity contribution >= 4 is 0 Å². The molecule has 0 aromatic heterocycles. The van der Waals surface area contributed by atoms with Gasteiger partial charge in [0.05, 0.1) is 0 Å². The number of rotatable bonds is 14. The Bertz CT molecular complexity index is 561. The van der Waals surface area contributed by atoms with Gasteiger partial charge in [0, 0.05) is 18.6 Å². The van der Waals surface area contributed by atoms with Gasteiger partial charge >= 0.3 is 0 Å². The molecule has 1 aliphatic heterocycles. The van der Waals surface area contributed by atoms with Crippen LogP contribution in [0.15, 0.2) is 42.0 Å². The molecule has 3 rings (SSSR count). The number of hydrogen-bond donors (Lipinski definition) is 0. The van der Waals surface area contributed by atoms with Crippen molar-refractivity contribution in [3.63, 3.8) is 0 Å². The summed E-state index contributed by atoms with van der Waals surface area (Å²) >= 11 is 0. The molecule has 0 N–H and O–H groups in total. The minimum Gasteiger partial charge on any atom is -0.286 e. The number of likely N-dealkylation sites (tertiary alicyclic amines) is 1. The maximum absolute atomic E-state index is 2.73. The van der Waals surface area contributed by atoms with E-state index in [2.05, 4.69) is 48.2 Å². The molecule has 1 aliphatic carbocycles. The van der Waals surface area contributed by atoms with Crippen LogP contribution in [0.5, 0.6) is 0 Å². The van der Waals surface area contributed by atoms with Crippen LogP contribution >= 0.6 is 0 Å². The fourth-order valence-electron chi connectivity index (χ4n) is 5.11. The molecule has 1 heterocycles. The highest BCUT2D eigenvalue weighted by Gasteiger charge is 2.50. The summed E-state index contributed by atoms with van der Waals surface area (Å²) in [6.07, 6.45) is 23.9. The van der Waals surface area contributed by atoms with Crippen LogP contribution in [0.2, 0.25) is 0 Å². The zero-order valence-corrected chi connectivity index (χ0v) is 18.4. The van der Waals surface area contributed by atoms with Crippen molar-refractivity contribution in [3.05, 3.63) is 47.5 Å². The van der Waals surface area contributed by atoms with E-state index in [-0.39, 0.29) is 0 Å². The van der Waals surface area contributed by atoms with Gasteiger partial charge in [-0.3, -0.25) is 4.90 Å². The molecule has 2 aliphatic rings. The van der Waals surface area contributed by atoms with Crippen molar-refractivity contribution in [1.29, 1.82) is 0 Å². The zero-order chi connectivity index (χ0) is 19.4. The highest BCUT2D eigenvalue weighted by Crippen LogP contribution is 2.44. The van der Waals surface area contributed by atoms with E-state index in [1.54, 1.807) is 5.57 Å². The maximum atomic E-state index is 2.73. The first-order valence-corrected chi connectivity index (χ1v) is 12.4.